The summed E-state index contributed by atoms with van der Waals surface area (Å²) in [5, 5.41) is 0. The van der Waals surface area contributed by atoms with Gasteiger partial charge in [-0.05, 0) is 17.8 Å². The minimum atomic E-state index is 0.928. The second-order valence-electron chi connectivity index (χ2n) is 8.92. The van der Waals surface area contributed by atoms with Crippen LogP contribution in [-0.4, -0.2) is 0 Å². The average molecular weight is 353 g/mol. The van der Waals surface area contributed by atoms with Crippen molar-refractivity contribution in [1.29, 1.82) is 0 Å². The summed E-state index contributed by atoms with van der Waals surface area (Å²) in [6.07, 6.45) is 24.6. The van der Waals surface area contributed by atoms with E-state index < -0.39 is 0 Å². The van der Waals surface area contributed by atoms with E-state index in [4.69, 9.17) is 0 Å². The lowest BCUT2D eigenvalue weighted by Gasteiger charge is -2.21. The van der Waals surface area contributed by atoms with Gasteiger partial charge in [0, 0.05) is 0 Å². The van der Waals surface area contributed by atoms with Gasteiger partial charge < -0.3 is 0 Å². The van der Waals surface area contributed by atoms with Crippen molar-refractivity contribution in [3.05, 3.63) is 0 Å². The predicted molar refractivity (Wildman–Crippen MR) is 117 cm³/mol. The molecule has 0 heterocycles. The molecule has 0 rings (SSSR count). The van der Waals surface area contributed by atoms with Crippen LogP contribution in [0.25, 0.3) is 0 Å². The minimum absolute atomic E-state index is 0.928. The molecular formula is C25H52. The van der Waals surface area contributed by atoms with Crippen molar-refractivity contribution in [2.24, 2.45) is 17.8 Å². The van der Waals surface area contributed by atoms with Crippen molar-refractivity contribution < 1.29 is 0 Å². The van der Waals surface area contributed by atoms with Gasteiger partial charge in [-0.3, -0.25) is 0 Å². The second-order valence-corrected chi connectivity index (χ2v) is 8.92. The van der Waals surface area contributed by atoms with Gasteiger partial charge >= 0.3 is 0 Å². The Morgan fingerprint density at radius 3 is 1.36 bits per heavy atom. The maximum absolute atomic E-state index is 2.51. The molecule has 0 nitrogen and oxygen atoms in total. The fourth-order valence-electron chi connectivity index (χ4n) is 4.13. The molecule has 0 aliphatic heterocycles. The van der Waals surface area contributed by atoms with Crippen molar-refractivity contribution in [3.63, 3.8) is 0 Å². The quantitative estimate of drug-likeness (QED) is 0.203. The molecule has 0 N–H and O–H groups in total. The van der Waals surface area contributed by atoms with Gasteiger partial charge in [0.1, 0.15) is 0 Å². The Morgan fingerprint density at radius 1 is 0.440 bits per heavy atom. The number of rotatable bonds is 19. The zero-order chi connectivity index (χ0) is 18.8. The molecule has 152 valence electrons. The predicted octanol–water partition coefficient (Wildman–Crippen LogP) is 9.57. The third kappa shape index (κ3) is 15.9. The molecule has 0 aliphatic rings. The Labute approximate surface area is 161 Å². The first-order chi connectivity index (χ1) is 12.2. The summed E-state index contributed by atoms with van der Waals surface area (Å²) in [5.74, 6) is 2.86. The van der Waals surface area contributed by atoms with Crippen molar-refractivity contribution in [2.75, 3.05) is 0 Å². The van der Waals surface area contributed by atoms with E-state index >= 15 is 0 Å². The van der Waals surface area contributed by atoms with Crippen LogP contribution in [0.5, 0.6) is 0 Å². The Bertz CT molecular complexity index is 244. The van der Waals surface area contributed by atoms with Gasteiger partial charge in [0.2, 0.25) is 0 Å². The highest BCUT2D eigenvalue weighted by Crippen LogP contribution is 2.26. The Kier molecular flexibility index (Phi) is 18.8. The van der Waals surface area contributed by atoms with Gasteiger partial charge in [-0.15, -0.1) is 0 Å². The van der Waals surface area contributed by atoms with Crippen LogP contribution in [-0.2, 0) is 0 Å². The van der Waals surface area contributed by atoms with Crippen molar-refractivity contribution in [2.45, 2.75) is 144 Å². The summed E-state index contributed by atoms with van der Waals surface area (Å²) < 4.78 is 0. The lowest BCUT2D eigenvalue weighted by molar-refractivity contribution is 0.306. The lowest BCUT2D eigenvalue weighted by Crippen LogP contribution is -2.09. The van der Waals surface area contributed by atoms with E-state index in [-0.39, 0.29) is 0 Å². The molecule has 0 saturated carbocycles. The zero-order valence-corrected chi connectivity index (χ0v) is 18.8. The molecule has 3 atom stereocenters. The number of hydrogen-bond acceptors (Lipinski definition) is 0. The van der Waals surface area contributed by atoms with E-state index in [1.54, 1.807) is 0 Å². The molecule has 0 spiro atoms. The SMILES string of the molecule is CCCCCCCCC(C)C(C)CCCC(CC)CCCCCCC. The van der Waals surface area contributed by atoms with Crippen LogP contribution in [0.1, 0.15) is 144 Å². The van der Waals surface area contributed by atoms with Gasteiger partial charge in [-0.25, -0.2) is 0 Å². The summed E-state index contributed by atoms with van der Waals surface area (Å²) >= 11 is 0. The highest BCUT2D eigenvalue weighted by molar-refractivity contribution is 4.65. The largest absolute Gasteiger partial charge is 0.0654 e. The molecule has 0 fully saturated rings. The normalized spacial score (nSPS) is 15.2. The van der Waals surface area contributed by atoms with Crippen LogP contribution in [0, 0.1) is 17.8 Å². The maximum Gasteiger partial charge on any atom is -0.0417 e. The van der Waals surface area contributed by atoms with E-state index in [0.29, 0.717) is 0 Å². The highest BCUT2D eigenvalue weighted by Gasteiger charge is 2.13. The highest BCUT2D eigenvalue weighted by atomic mass is 14.2. The molecule has 0 aromatic heterocycles. The molecule has 0 saturated heterocycles. The van der Waals surface area contributed by atoms with E-state index in [1.165, 1.54) is 109 Å². The second kappa shape index (κ2) is 18.8. The fourth-order valence-corrected chi connectivity index (χ4v) is 4.13. The summed E-state index contributed by atoms with van der Waals surface area (Å²) in [4.78, 5) is 0. The third-order valence-corrected chi connectivity index (χ3v) is 6.55. The number of unbranched alkanes of at least 4 members (excludes halogenated alkanes) is 9. The Hall–Kier alpha value is 0. The molecule has 0 radical (unpaired) electrons. The molecule has 0 bridgehead atoms. The fraction of sp³-hybridized carbons (Fsp3) is 1.00. The van der Waals surface area contributed by atoms with E-state index in [2.05, 4.69) is 34.6 Å². The van der Waals surface area contributed by atoms with Gasteiger partial charge in [0.25, 0.3) is 0 Å². The molecule has 25 heavy (non-hydrogen) atoms. The summed E-state index contributed by atoms with van der Waals surface area (Å²) in [7, 11) is 0. The van der Waals surface area contributed by atoms with E-state index in [9.17, 15) is 0 Å². The molecule has 3 unspecified atom stereocenters. The van der Waals surface area contributed by atoms with Crippen LogP contribution in [0.15, 0.2) is 0 Å². The van der Waals surface area contributed by atoms with Crippen molar-refractivity contribution >= 4 is 0 Å². The summed E-state index contributed by atoms with van der Waals surface area (Å²) in [6, 6.07) is 0. The molecule has 0 aliphatic carbocycles. The smallest absolute Gasteiger partial charge is 0.0417 e. The molecule has 0 amide bonds. The molecule has 0 aromatic rings. The summed E-state index contributed by atoms with van der Waals surface area (Å²) in [6.45, 7) is 12.0. The molecular weight excluding hydrogens is 300 g/mol. The van der Waals surface area contributed by atoms with Crippen LogP contribution in [0.3, 0.4) is 0 Å². The molecule has 0 aromatic carbocycles. The zero-order valence-electron chi connectivity index (χ0n) is 18.8. The topological polar surface area (TPSA) is 0 Å². The van der Waals surface area contributed by atoms with Crippen molar-refractivity contribution in [1.82, 2.24) is 0 Å². The van der Waals surface area contributed by atoms with E-state index in [1.807, 2.05) is 0 Å². The monoisotopic (exact) mass is 352 g/mol. The van der Waals surface area contributed by atoms with Gasteiger partial charge in [-0.1, -0.05) is 144 Å². The summed E-state index contributed by atoms with van der Waals surface area (Å²) in [5.41, 5.74) is 0. The first kappa shape index (κ1) is 25.0. The third-order valence-electron chi connectivity index (χ3n) is 6.55. The van der Waals surface area contributed by atoms with Gasteiger partial charge in [0.15, 0.2) is 0 Å². The first-order valence-electron chi connectivity index (χ1n) is 12.2. The van der Waals surface area contributed by atoms with Crippen LogP contribution < -0.4 is 0 Å². The maximum atomic E-state index is 2.51. The lowest BCUT2D eigenvalue weighted by atomic mass is 9.85. The van der Waals surface area contributed by atoms with Crippen LogP contribution >= 0.6 is 0 Å². The average Bonchev–Trinajstić information content (AvgIpc) is 2.62. The van der Waals surface area contributed by atoms with Gasteiger partial charge in [0.05, 0.1) is 0 Å². The standard InChI is InChI=1S/C25H52/c1-6-9-11-13-15-16-19-23(4)24(5)20-18-22-25(8-3)21-17-14-12-10-7-2/h23-25H,6-22H2,1-5H3. The molecule has 0 heteroatoms. The first-order valence-corrected chi connectivity index (χ1v) is 12.2. The van der Waals surface area contributed by atoms with Crippen LogP contribution in [0.2, 0.25) is 0 Å². The Morgan fingerprint density at radius 2 is 0.840 bits per heavy atom. The van der Waals surface area contributed by atoms with Crippen LogP contribution in [0.4, 0.5) is 0 Å². The number of hydrogen-bond donors (Lipinski definition) is 0. The van der Waals surface area contributed by atoms with Gasteiger partial charge in [-0.2, -0.15) is 0 Å². The minimum Gasteiger partial charge on any atom is -0.0654 e. The van der Waals surface area contributed by atoms with Crippen molar-refractivity contribution in [3.8, 4) is 0 Å². The Balaban J connectivity index is 3.64. The van der Waals surface area contributed by atoms with E-state index in [0.717, 1.165) is 17.8 Å².